The smallest absolute Gasteiger partial charge is 0.167 e. The maximum absolute atomic E-state index is 13.1. The Balaban J connectivity index is 1.84. The van der Waals surface area contributed by atoms with Crippen molar-refractivity contribution in [3.05, 3.63) is 83.7 Å². The molecule has 0 bridgehead atoms. The molecule has 2 heterocycles. The van der Waals surface area contributed by atoms with Crippen molar-refractivity contribution in [2.24, 2.45) is 0 Å². The Kier molecular flexibility index (Phi) is 6.14. The number of benzene rings is 2. The fourth-order valence-corrected chi connectivity index (χ4v) is 4.48. The van der Waals surface area contributed by atoms with Crippen LogP contribution in [0.1, 0.15) is 43.6 Å². The number of para-hydroxylation sites is 1. The average Bonchev–Trinajstić information content (AvgIpc) is 3.17. The monoisotopic (exact) mass is 433 g/mol. The fourth-order valence-electron chi connectivity index (χ4n) is 3.67. The highest BCUT2D eigenvalue weighted by molar-refractivity contribution is 7.90. The molecule has 4 aromatic rings. The molecule has 0 aliphatic carbocycles. The third-order valence-electron chi connectivity index (χ3n) is 5.25. The third kappa shape index (κ3) is 4.66. The highest BCUT2D eigenvalue weighted by Gasteiger charge is 2.32. The van der Waals surface area contributed by atoms with Gasteiger partial charge in [-0.05, 0) is 63.1 Å². The number of fused-ring (bicyclic) bond motifs is 1. The first-order valence-electron chi connectivity index (χ1n) is 10.4. The molecule has 0 saturated heterocycles. The Morgan fingerprint density at radius 2 is 1.81 bits per heavy atom. The Morgan fingerprint density at radius 1 is 1.03 bits per heavy atom. The van der Waals surface area contributed by atoms with Gasteiger partial charge in [0.2, 0.25) is 0 Å². The number of aryl methyl sites for hydroxylation is 1. The van der Waals surface area contributed by atoms with Crippen molar-refractivity contribution >= 4 is 22.3 Å². The summed E-state index contributed by atoms with van der Waals surface area (Å²) in [7, 11) is 0. The van der Waals surface area contributed by atoms with Gasteiger partial charge in [0, 0.05) is 40.6 Å². The van der Waals surface area contributed by atoms with Crippen molar-refractivity contribution in [2.45, 2.75) is 44.9 Å². The van der Waals surface area contributed by atoms with Crippen LogP contribution in [-0.2, 0) is 17.8 Å². The van der Waals surface area contributed by atoms with Gasteiger partial charge in [0.25, 0.3) is 0 Å². The van der Waals surface area contributed by atoms with Crippen molar-refractivity contribution < 1.29 is 9.08 Å². The van der Waals surface area contributed by atoms with Crippen LogP contribution >= 0.6 is 0 Å². The van der Waals surface area contributed by atoms with E-state index in [4.69, 9.17) is 4.52 Å². The van der Waals surface area contributed by atoms with Crippen LogP contribution < -0.4 is 4.72 Å². The van der Waals surface area contributed by atoms with Gasteiger partial charge >= 0.3 is 0 Å². The van der Waals surface area contributed by atoms with Crippen LogP contribution in [0.25, 0.3) is 22.2 Å². The summed E-state index contributed by atoms with van der Waals surface area (Å²) in [6.45, 7) is 7.99. The van der Waals surface area contributed by atoms with E-state index < -0.39 is 16.1 Å². The fraction of sp³-hybridized carbons (Fsp3) is 0.280. The lowest BCUT2D eigenvalue weighted by Gasteiger charge is -2.29. The van der Waals surface area contributed by atoms with E-state index in [2.05, 4.69) is 33.9 Å². The Labute approximate surface area is 186 Å². The zero-order chi connectivity index (χ0) is 22.0. The minimum absolute atomic E-state index is 0.207. The van der Waals surface area contributed by atoms with Gasteiger partial charge in [0.15, 0.2) is 5.58 Å². The maximum Gasteiger partial charge on any atom is 0.167 e. The number of hydrogen-bond acceptors (Lipinski definition) is 5. The maximum atomic E-state index is 13.1. The van der Waals surface area contributed by atoms with Crippen LogP contribution in [0.5, 0.6) is 0 Å². The lowest BCUT2D eigenvalue weighted by Crippen LogP contribution is -2.42. The lowest BCUT2D eigenvalue weighted by atomic mass is 9.90. The molecule has 6 heteroatoms. The van der Waals surface area contributed by atoms with Crippen LogP contribution in [0.15, 0.2) is 71.4 Å². The molecule has 0 radical (unpaired) electrons. The molecular formula is C25H27N3O2S. The Morgan fingerprint density at radius 3 is 2.55 bits per heavy atom. The summed E-state index contributed by atoms with van der Waals surface area (Å²) in [6, 6.07) is 19.7. The molecule has 0 amide bonds. The van der Waals surface area contributed by atoms with E-state index in [1.807, 2.05) is 69.3 Å². The zero-order valence-electron chi connectivity index (χ0n) is 18.3. The van der Waals surface area contributed by atoms with Gasteiger partial charge in [-0.3, -0.25) is 4.98 Å². The third-order valence-corrected chi connectivity index (χ3v) is 6.86. The molecule has 0 aliphatic heterocycles. The molecule has 2 aromatic heterocycles. The number of aromatic nitrogens is 2. The topological polar surface area (TPSA) is 74.0 Å². The Hall–Kier alpha value is -2.67. The first kappa shape index (κ1) is 21.6. The standard InChI is InChI=1S/C25H27N3O2S/c1-17-10-9-13-20(24-19-12-5-6-14-22(19)30-27-24)23(17)21(28-31(29)25(2,3)4)16-18-11-7-8-15-26-18/h5-15,21,28H,16H2,1-4H3/t21-,31?/m0/s1. The lowest BCUT2D eigenvalue weighted by molar-refractivity contribution is 0.459. The molecule has 1 N–H and O–H groups in total. The van der Waals surface area contributed by atoms with Crippen LogP contribution in [0, 0.1) is 6.92 Å². The highest BCUT2D eigenvalue weighted by Crippen LogP contribution is 2.36. The van der Waals surface area contributed by atoms with Gasteiger partial charge in [0.1, 0.15) is 10.4 Å². The molecule has 1 unspecified atom stereocenters. The molecule has 0 fully saturated rings. The normalized spacial score (nSPS) is 14.0. The van der Waals surface area contributed by atoms with Crippen molar-refractivity contribution in [1.29, 1.82) is 0 Å². The molecule has 2 atom stereocenters. The summed E-state index contributed by atoms with van der Waals surface area (Å²) < 4.78 is 21.7. The zero-order valence-corrected chi connectivity index (χ0v) is 19.1. The van der Waals surface area contributed by atoms with Crippen molar-refractivity contribution in [2.75, 3.05) is 0 Å². The van der Waals surface area contributed by atoms with Crippen molar-refractivity contribution in [3.63, 3.8) is 0 Å². The Bertz CT molecular complexity index is 1170. The van der Waals surface area contributed by atoms with Gasteiger partial charge in [-0.15, -0.1) is 4.72 Å². The second-order valence-corrected chi connectivity index (χ2v) is 10.6. The van der Waals surface area contributed by atoms with E-state index in [0.29, 0.717) is 6.42 Å². The van der Waals surface area contributed by atoms with Gasteiger partial charge < -0.3 is 9.08 Å². The van der Waals surface area contributed by atoms with E-state index >= 15 is 0 Å². The van der Waals surface area contributed by atoms with Crippen molar-refractivity contribution in [3.8, 4) is 11.3 Å². The van der Waals surface area contributed by atoms with E-state index in [-0.39, 0.29) is 6.04 Å². The van der Waals surface area contributed by atoms with Gasteiger partial charge in [0.05, 0.1) is 6.04 Å². The molecule has 160 valence electrons. The number of nitrogens with zero attached hydrogens (tertiary/aromatic N) is 2. The van der Waals surface area contributed by atoms with Gasteiger partial charge in [-0.2, -0.15) is 0 Å². The van der Waals surface area contributed by atoms with E-state index in [1.165, 1.54) is 0 Å². The second kappa shape index (κ2) is 8.83. The van der Waals surface area contributed by atoms with Crippen molar-refractivity contribution in [1.82, 2.24) is 14.9 Å². The molecule has 31 heavy (non-hydrogen) atoms. The van der Waals surface area contributed by atoms with Crippen LogP contribution in [0.3, 0.4) is 0 Å². The van der Waals surface area contributed by atoms with Crippen LogP contribution in [-0.4, -0.2) is 19.4 Å². The largest absolute Gasteiger partial charge is 0.598 e. The molecule has 0 aliphatic rings. The summed E-state index contributed by atoms with van der Waals surface area (Å²) in [4.78, 5) is 4.51. The summed E-state index contributed by atoms with van der Waals surface area (Å²) in [5.74, 6) is 0. The minimum atomic E-state index is -1.25. The predicted octanol–water partition coefficient (Wildman–Crippen LogP) is 5.53. The summed E-state index contributed by atoms with van der Waals surface area (Å²) in [6.07, 6.45) is 2.40. The van der Waals surface area contributed by atoms with E-state index in [9.17, 15) is 4.55 Å². The number of pyridine rings is 1. The molecule has 0 saturated carbocycles. The molecule has 2 aromatic carbocycles. The number of nitrogens with one attached hydrogen (secondary N) is 1. The molecule has 5 nitrogen and oxygen atoms in total. The van der Waals surface area contributed by atoms with Crippen LogP contribution in [0.4, 0.5) is 0 Å². The first-order chi connectivity index (χ1) is 14.8. The minimum Gasteiger partial charge on any atom is -0.598 e. The highest BCUT2D eigenvalue weighted by atomic mass is 32.2. The molecule has 4 rings (SSSR count). The SMILES string of the molecule is Cc1cccc(-c2noc3ccccc23)c1[C@H](Cc1ccccn1)N[S+]([O-])C(C)(C)C. The summed E-state index contributed by atoms with van der Waals surface area (Å²) in [5, 5.41) is 5.35. The van der Waals surface area contributed by atoms with E-state index in [1.54, 1.807) is 6.20 Å². The summed E-state index contributed by atoms with van der Waals surface area (Å²) in [5.41, 5.74) is 5.62. The molecular weight excluding hydrogens is 406 g/mol. The van der Waals surface area contributed by atoms with E-state index in [0.717, 1.165) is 39.0 Å². The predicted molar refractivity (Wildman–Crippen MR) is 126 cm³/mol. The number of hydrogen-bond donors (Lipinski definition) is 1. The quantitative estimate of drug-likeness (QED) is 0.405. The second-order valence-electron chi connectivity index (χ2n) is 8.64. The van der Waals surface area contributed by atoms with Gasteiger partial charge in [-0.25, -0.2) is 0 Å². The summed E-state index contributed by atoms with van der Waals surface area (Å²) >= 11 is -1.25. The first-order valence-corrected chi connectivity index (χ1v) is 11.5. The van der Waals surface area contributed by atoms with Gasteiger partial charge in [-0.1, -0.05) is 41.6 Å². The van der Waals surface area contributed by atoms with Crippen LogP contribution in [0.2, 0.25) is 0 Å². The molecule has 0 spiro atoms. The average molecular weight is 434 g/mol. The number of rotatable bonds is 6.